The third kappa shape index (κ3) is 6.45. The fraction of sp³-hybridized carbons (Fsp3) is 0.407. The Bertz CT molecular complexity index is 1550. The van der Waals surface area contributed by atoms with E-state index in [4.69, 9.17) is 9.47 Å². The van der Waals surface area contributed by atoms with Crippen LogP contribution in [-0.4, -0.2) is 61.4 Å². The Kier molecular flexibility index (Phi) is 8.98. The number of sulfonamides is 1. The van der Waals surface area contributed by atoms with E-state index >= 15 is 0 Å². The SMILES string of the molecule is CCOC(=O)Cn1c(=NC(=O)c2ccc(S(=O)(=O)N3CCC(C)CC3)cc2)sc2cc(C(=O)OCC)ccc21. The van der Waals surface area contributed by atoms with E-state index in [1.54, 1.807) is 36.6 Å². The number of carbonyl (C=O) groups is 3. The minimum absolute atomic E-state index is 0.124. The van der Waals surface area contributed by atoms with Crippen molar-refractivity contribution in [2.45, 2.75) is 45.1 Å². The first-order chi connectivity index (χ1) is 18.6. The molecule has 0 saturated carbocycles. The van der Waals surface area contributed by atoms with Crippen molar-refractivity contribution < 1.29 is 32.3 Å². The number of carbonyl (C=O) groups excluding carboxylic acids is 3. The van der Waals surface area contributed by atoms with Crippen molar-refractivity contribution in [3.05, 3.63) is 58.4 Å². The molecule has 0 N–H and O–H groups in total. The number of esters is 2. The Balaban J connectivity index is 1.66. The number of fused-ring (bicyclic) bond motifs is 1. The highest BCUT2D eigenvalue weighted by Gasteiger charge is 2.28. The number of hydrogen-bond donors (Lipinski definition) is 0. The monoisotopic (exact) mass is 573 g/mol. The zero-order valence-corrected chi connectivity index (χ0v) is 23.7. The Morgan fingerprint density at radius 3 is 2.26 bits per heavy atom. The van der Waals surface area contributed by atoms with E-state index in [-0.39, 0.29) is 35.0 Å². The lowest BCUT2D eigenvalue weighted by Crippen LogP contribution is -2.37. The Morgan fingerprint density at radius 2 is 1.62 bits per heavy atom. The fourth-order valence-corrected chi connectivity index (χ4v) is 6.82. The molecule has 39 heavy (non-hydrogen) atoms. The van der Waals surface area contributed by atoms with Gasteiger partial charge >= 0.3 is 11.9 Å². The molecule has 0 atom stereocenters. The molecule has 0 spiro atoms. The van der Waals surface area contributed by atoms with Gasteiger partial charge in [0.05, 0.1) is 33.9 Å². The maximum absolute atomic E-state index is 13.1. The molecule has 0 aliphatic carbocycles. The second kappa shape index (κ2) is 12.2. The molecule has 3 aromatic rings. The van der Waals surface area contributed by atoms with E-state index in [2.05, 4.69) is 11.9 Å². The molecule has 0 radical (unpaired) electrons. The van der Waals surface area contributed by atoms with E-state index in [9.17, 15) is 22.8 Å². The molecule has 1 saturated heterocycles. The van der Waals surface area contributed by atoms with Crippen LogP contribution in [0, 0.1) is 5.92 Å². The first kappa shape index (κ1) is 28.7. The molecule has 0 bridgehead atoms. The van der Waals surface area contributed by atoms with E-state index in [0.29, 0.717) is 34.8 Å². The van der Waals surface area contributed by atoms with Crippen LogP contribution in [0.4, 0.5) is 0 Å². The van der Waals surface area contributed by atoms with Crippen molar-refractivity contribution >= 4 is 49.4 Å². The van der Waals surface area contributed by atoms with Crippen molar-refractivity contribution in [3.8, 4) is 0 Å². The summed E-state index contributed by atoms with van der Waals surface area (Å²) in [5, 5.41) is 0. The predicted molar refractivity (Wildman–Crippen MR) is 146 cm³/mol. The maximum atomic E-state index is 13.1. The summed E-state index contributed by atoms with van der Waals surface area (Å²) in [5.74, 6) is -1.08. The van der Waals surface area contributed by atoms with Crippen LogP contribution in [0.3, 0.4) is 0 Å². The van der Waals surface area contributed by atoms with E-state index in [1.807, 2.05) is 0 Å². The molecule has 1 aromatic heterocycles. The molecule has 12 heteroatoms. The van der Waals surface area contributed by atoms with Gasteiger partial charge in [0, 0.05) is 18.7 Å². The standard InChI is InChI=1S/C27H31N3O7S2/c1-4-36-24(31)17-30-22-11-8-20(26(33)37-5-2)16-23(22)38-27(30)28-25(32)19-6-9-21(10-7-19)39(34,35)29-14-12-18(3)13-15-29/h6-11,16,18H,4-5,12-15,17H2,1-3H3. The number of amides is 1. The van der Waals surface area contributed by atoms with Crippen molar-refractivity contribution in [1.29, 1.82) is 0 Å². The van der Waals surface area contributed by atoms with Crippen molar-refractivity contribution in [2.75, 3.05) is 26.3 Å². The van der Waals surface area contributed by atoms with Crippen LogP contribution in [0.25, 0.3) is 10.2 Å². The third-order valence-corrected chi connectivity index (χ3v) is 9.42. The topological polar surface area (TPSA) is 124 Å². The van der Waals surface area contributed by atoms with Crippen LogP contribution in [0.15, 0.2) is 52.4 Å². The number of aromatic nitrogens is 1. The minimum atomic E-state index is -3.65. The molecule has 1 aliphatic rings. The fourth-order valence-electron chi connectivity index (χ4n) is 4.28. The molecule has 1 aliphatic heterocycles. The second-order valence-electron chi connectivity index (χ2n) is 9.21. The van der Waals surface area contributed by atoms with Gasteiger partial charge in [0.25, 0.3) is 5.91 Å². The summed E-state index contributed by atoms with van der Waals surface area (Å²) in [4.78, 5) is 42.2. The van der Waals surface area contributed by atoms with Crippen LogP contribution in [0.2, 0.25) is 0 Å². The number of benzene rings is 2. The summed E-state index contributed by atoms with van der Waals surface area (Å²) in [7, 11) is -3.65. The molecule has 1 amide bonds. The second-order valence-corrected chi connectivity index (χ2v) is 12.2. The summed E-state index contributed by atoms with van der Waals surface area (Å²) in [6.07, 6.45) is 1.63. The van der Waals surface area contributed by atoms with Gasteiger partial charge < -0.3 is 14.0 Å². The average molecular weight is 574 g/mol. The molecule has 0 unspecified atom stereocenters. The highest BCUT2D eigenvalue weighted by molar-refractivity contribution is 7.89. The Labute approximate surface area is 230 Å². The third-order valence-electron chi connectivity index (χ3n) is 6.47. The van der Waals surface area contributed by atoms with Crippen molar-refractivity contribution in [3.63, 3.8) is 0 Å². The van der Waals surface area contributed by atoms with Crippen LogP contribution in [-0.2, 0) is 30.8 Å². The molecule has 1 fully saturated rings. The zero-order chi connectivity index (χ0) is 28.2. The molecular formula is C27H31N3O7S2. The van der Waals surface area contributed by atoms with Gasteiger partial charge in [0.15, 0.2) is 4.80 Å². The number of thiazole rings is 1. The molecular weight excluding hydrogens is 542 g/mol. The van der Waals surface area contributed by atoms with Gasteiger partial charge in [-0.2, -0.15) is 9.30 Å². The van der Waals surface area contributed by atoms with Gasteiger partial charge in [-0.1, -0.05) is 18.3 Å². The molecule has 208 valence electrons. The average Bonchev–Trinajstić information content (AvgIpc) is 3.25. The predicted octanol–water partition coefficient (Wildman–Crippen LogP) is 3.60. The zero-order valence-electron chi connectivity index (χ0n) is 22.1. The highest BCUT2D eigenvalue weighted by atomic mass is 32.2. The first-order valence-corrected chi connectivity index (χ1v) is 15.0. The number of ether oxygens (including phenoxy) is 2. The maximum Gasteiger partial charge on any atom is 0.338 e. The van der Waals surface area contributed by atoms with Crippen molar-refractivity contribution in [2.24, 2.45) is 10.9 Å². The summed E-state index contributed by atoms with van der Waals surface area (Å²) in [6, 6.07) is 10.6. The summed E-state index contributed by atoms with van der Waals surface area (Å²) in [5.41, 5.74) is 1.14. The van der Waals surface area contributed by atoms with E-state index in [1.165, 1.54) is 28.6 Å². The van der Waals surface area contributed by atoms with Gasteiger partial charge in [-0.25, -0.2) is 13.2 Å². The van der Waals surface area contributed by atoms with Crippen LogP contribution in [0.1, 0.15) is 54.3 Å². The summed E-state index contributed by atoms with van der Waals surface area (Å²) in [6.45, 7) is 6.73. The largest absolute Gasteiger partial charge is 0.465 e. The molecule has 2 aromatic carbocycles. The number of rotatable bonds is 8. The minimum Gasteiger partial charge on any atom is -0.465 e. The van der Waals surface area contributed by atoms with Crippen LogP contribution < -0.4 is 4.80 Å². The van der Waals surface area contributed by atoms with Crippen molar-refractivity contribution in [1.82, 2.24) is 8.87 Å². The lowest BCUT2D eigenvalue weighted by molar-refractivity contribution is -0.143. The van der Waals surface area contributed by atoms with Gasteiger partial charge in [0.2, 0.25) is 10.0 Å². The van der Waals surface area contributed by atoms with E-state index < -0.39 is 27.9 Å². The van der Waals surface area contributed by atoms with Gasteiger partial charge in [-0.3, -0.25) is 9.59 Å². The van der Waals surface area contributed by atoms with Gasteiger partial charge in [0.1, 0.15) is 6.54 Å². The quantitative estimate of drug-likeness (QED) is 0.377. The summed E-state index contributed by atoms with van der Waals surface area (Å²) >= 11 is 1.14. The molecule has 2 heterocycles. The first-order valence-electron chi connectivity index (χ1n) is 12.8. The van der Waals surface area contributed by atoms with Gasteiger partial charge in [-0.15, -0.1) is 0 Å². The number of hydrogen-bond acceptors (Lipinski definition) is 8. The normalized spacial score (nSPS) is 15.4. The van der Waals surface area contributed by atoms with Gasteiger partial charge in [-0.05, 0) is 75.1 Å². The number of nitrogens with zero attached hydrogens (tertiary/aromatic N) is 3. The van der Waals surface area contributed by atoms with Crippen LogP contribution >= 0.6 is 11.3 Å². The van der Waals surface area contributed by atoms with Crippen LogP contribution in [0.5, 0.6) is 0 Å². The smallest absolute Gasteiger partial charge is 0.338 e. The summed E-state index contributed by atoms with van der Waals surface area (Å²) < 4.78 is 39.9. The highest BCUT2D eigenvalue weighted by Crippen LogP contribution is 2.24. The molecule has 10 nitrogen and oxygen atoms in total. The lowest BCUT2D eigenvalue weighted by atomic mass is 10.0. The Hall–Kier alpha value is -3.35. The van der Waals surface area contributed by atoms with E-state index in [0.717, 1.165) is 24.2 Å². The molecule has 4 rings (SSSR count). The Morgan fingerprint density at radius 1 is 0.974 bits per heavy atom. The number of piperidine rings is 1. The lowest BCUT2D eigenvalue weighted by Gasteiger charge is -2.29.